The summed E-state index contributed by atoms with van der Waals surface area (Å²) in [6, 6.07) is 12.9. The van der Waals surface area contributed by atoms with E-state index < -0.39 is 0 Å². The molecule has 1 aromatic heterocycles. The highest BCUT2D eigenvalue weighted by atomic mass is 16.5. The molecule has 1 heterocycles. The molecular formula is C22H24N2O6. The lowest BCUT2D eigenvalue weighted by Gasteiger charge is -2.13. The molecule has 0 bridgehead atoms. The van der Waals surface area contributed by atoms with E-state index in [0.29, 0.717) is 29.2 Å². The highest BCUT2D eigenvalue weighted by molar-refractivity contribution is 5.78. The maximum absolute atomic E-state index is 12.5. The van der Waals surface area contributed by atoms with Gasteiger partial charge in [-0.15, -0.1) is 10.2 Å². The third kappa shape index (κ3) is 4.53. The topological polar surface area (TPSA) is 92.9 Å². The van der Waals surface area contributed by atoms with Crippen LogP contribution in [0.2, 0.25) is 0 Å². The summed E-state index contributed by atoms with van der Waals surface area (Å²) >= 11 is 0. The number of ether oxygens (including phenoxy) is 4. The molecule has 0 aliphatic heterocycles. The summed E-state index contributed by atoms with van der Waals surface area (Å²) in [6.45, 7) is 1.83. The fourth-order valence-corrected chi connectivity index (χ4v) is 3.09. The van der Waals surface area contributed by atoms with E-state index >= 15 is 0 Å². The maximum Gasteiger partial charge on any atom is 0.313 e. The minimum absolute atomic E-state index is 0.112. The van der Waals surface area contributed by atoms with Gasteiger partial charge in [0.15, 0.2) is 18.1 Å². The Kier molecular flexibility index (Phi) is 6.90. The molecule has 0 radical (unpaired) electrons. The predicted octanol–water partition coefficient (Wildman–Crippen LogP) is 4.00. The highest BCUT2D eigenvalue weighted by Crippen LogP contribution is 2.40. The zero-order chi connectivity index (χ0) is 21.5. The Morgan fingerprint density at radius 2 is 1.67 bits per heavy atom. The summed E-state index contributed by atoms with van der Waals surface area (Å²) in [4.78, 5) is 12.5. The Morgan fingerprint density at radius 1 is 1.00 bits per heavy atom. The van der Waals surface area contributed by atoms with Crippen molar-refractivity contribution in [3.05, 3.63) is 53.9 Å². The van der Waals surface area contributed by atoms with E-state index in [-0.39, 0.29) is 30.3 Å². The van der Waals surface area contributed by atoms with Gasteiger partial charge in [-0.05, 0) is 24.1 Å². The van der Waals surface area contributed by atoms with E-state index in [1.807, 2.05) is 37.3 Å². The Labute approximate surface area is 174 Å². The van der Waals surface area contributed by atoms with Gasteiger partial charge in [0.2, 0.25) is 11.6 Å². The lowest BCUT2D eigenvalue weighted by molar-refractivity contribution is -0.147. The van der Waals surface area contributed by atoms with Crippen LogP contribution in [0.25, 0.3) is 11.5 Å². The zero-order valence-corrected chi connectivity index (χ0v) is 17.4. The quantitative estimate of drug-likeness (QED) is 0.487. The second kappa shape index (κ2) is 9.78. The molecule has 0 saturated carbocycles. The number of carbonyl (C=O) groups is 1. The van der Waals surface area contributed by atoms with E-state index in [4.69, 9.17) is 23.4 Å². The van der Waals surface area contributed by atoms with E-state index in [1.165, 1.54) is 21.3 Å². The molecule has 0 N–H and O–H groups in total. The van der Waals surface area contributed by atoms with Crippen LogP contribution in [-0.2, 0) is 16.1 Å². The molecule has 3 rings (SSSR count). The van der Waals surface area contributed by atoms with Crippen LogP contribution in [0.3, 0.4) is 0 Å². The number of methoxy groups -OCH3 is 3. The van der Waals surface area contributed by atoms with Crippen LogP contribution in [0.5, 0.6) is 17.2 Å². The van der Waals surface area contributed by atoms with Crippen LogP contribution in [0.15, 0.2) is 46.9 Å². The summed E-state index contributed by atoms with van der Waals surface area (Å²) in [5.74, 6) is 1.15. The number of nitrogens with zero attached hydrogens (tertiary/aromatic N) is 2. The molecular weight excluding hydrogens is 388 g/mol. The second-order valence-electron chi connectivity index (χ2n) is 6.39. The van der Waals surface area contributed by atoms with Crippen LogP contribution >= 0.6 is 0 Å². The molecule has 30 heavy (non-hydrogen) atoms. The fourth-order valence-electron chi connectivity index (χ4n) is 3.09. The van der Waals surface area contributed by atoms with Crippen molar-refractivity contribution in [1.29, 1.82) is 0 Å². The number of esters is 1. The average molecular weight is 412 g/mol. The average Bonchev–Trinajstić information content (AvgIpc) is 3.27. The first-order valence-corrected chi connectivity index (χ1v) is 9.45. The largest absolute Gasteiger partial charge is 0.493 e. The third-order valence-corrected chi connectivity index (χ3v) is 4.61. The van der Waals surface area contributed by atoms with Crippen molar-refractivity contribution < 1.29 is 28.2 Å². The number of carbonyl (C=O) groups excluding carboxylic acids is 1. The van der Waals surface area contributed by atoms with E-state index in [9.17, 15) is 4.79 Å². The van der Waals surface area contributed by atoms with Crippen molar-refractivity contribution in [2.45, 2.75) is 25.9 Å². The van der Waals surface area contributed by atoms with Crippen LogP contribution in [0, 0.1) is 0 Å². The van der Waals surface area contributed by atoms with Gasteiger partial charge < -0.3 is 23.4 Å². The van der Waals surface area contributed by atoms with Crippen LogP contribution < -0.4 is 14.2 Å². The van der Waals surface area contributed by atoms with E-state index in [0.717, 1.165) is 5.56 Å². The number of benzene rings is 2. The number of aromatic nitrogens is 2. The standard InChI is InChI=1S/C22H24N2O6/c1-5-16(14-9-7-6-8-10-14)22(25)29-13-19-23-24-21(30-19)15-11-17(26-2)20(28-4)18(12-15)27-3/h6-12,16H,5,13H2,1-4H3/t16-/m0/s1. The summed E-state index contributed by atoms with van der Waals surface area (Å²) in [6.07, 6.45) is 0.628. The van der Waals surface area contributed by atoms with Gasteiger partial charge in [0.1, 0.15) is 0 Å². The van der Waals surface area contributed by atoms with Crippen molar-refractivity contribution in [3.63, 3.8) is 0 Å². The van der Waals surface area contributed by atoms with E-state index in [2.05, 4.69) is 10.2 Å². The second-order valence-corrected chi connectivity index (χ2v) is 6.39. The molecule has 3 aromatic rings. The minimum atomic E-state index is -0.344. The van der Waals surface area contributed by atoms with Gasteiger partial charge in [-0.2, -0.15) is 0 Å². The molecule has 0 fully saturated rings. The molecule has 0 aliphatic rings. The van der Waals surface area contributed by atoms with Crippen LogP contribution in [-0.4, -0.2) is 37.5 Å². The lowest BCUT2D eigenvalue weighted by atomic mass is 9.97. The molecule has 0 saturated heterocycles. The van der Waals surface area contributed by atoms with Crippen molar-refractivity contribution in [3.8, 4) is 28.7 Å². The fraction of sp³-hybridized carbons (Fsp3) is 0.318. The molecule has 8 heteroatoms. The van der Waals surface area contributed by atoms with Crippen molar-refractivity contribution in [2.24, 2.45) is 0 Å². The van der Waals surface area contributed by atoms with Gasteiger partial charge in [0.05, 0.1) is 27.2 Å². The summed E-state index contributed by atoms with van der Waals surface area (Å²) in [7, 11) is 4.57. The molecule has 1 atom stereocenters. The van der Waals surface area contributed by atoms with Gasteiger partial charge in [-0.25, -0.2) is 0 Å². The predicted molar refractivity (Wildman–Crippen MR) is 109 cm³/mol. The van der Waals surface area contributed by atoms with Crippen LogP contribution in [0.4, 0.5) is 0 Å². The van der Waals surface area contributed by atoms with Crippen molar-refractivity contribution >= 4 is 5.97 Å². The summed E-state index contributed by atoms with van der Waals surface area (Å²) in [5.41, 5.74) is 1.50. The Balaban J connectivity index is 1.73. The number of hydrogen-bond donors (Lipinski definition) is 0. The molecule has 0 aliphatic carbocycles. The van der Waals surface area contributed by atoms with Crippen molar-refractivity contribution in [1.82, 2.24) is 10.2 Å². The third-order valence-electron chi connectivity index (χ3n) is 4.61. The van der Waals surface area contributed by atoms with Crippen molar-refractivity contribution in [2.75, 3.05) is 21.3 Å². The van der Waals surface area contributed by atoms with Crippen LogP contribution in [0.1, 0.15) is 30.7 Å². The molecule has 0 amide bonds. The van der Waals surface area contributed by atoms with Gasteiger partial charge in [0.25, 0.3) is 5.89 Å². The first-order valence-electron chi connectivity index (χ1n) is 9.45. The summed E-state index contributed by atoms with van der Waals surface area (Å²) in [5, 5.41) is 8.00. The van der Waals surface area contributed by atoms with Gasteiger partial charge in [-0.3, -0.25) is 4.79 Å². The number of hydrogen-bond acceptors (Lipinski definition) is 8. The number of rotatable bonds is 9. The Morgan fingerprint density at radius 3 is 2.23 bits per heavy atom. The first-order chi connectivity index (χ1) is 14.6. The molecule has 158 valence electrons. The molecule has 0 spiro atoms. The SMILES string of the molecule is CC[C@H](C(=O)OCc1nnc(-c2cc(OC)c(OC)c(OC)c2)o1)c1ccccc1. The maximum atomic E-state index is 12.5. The first kappa shape index (κ1) is 21.2. The lowest BCUT2D eigenvalue weighted by Crippen LogP contribution is -2.15. The Bertz CT molecular complexity index is 961. The molecule has 0 unspecified atom stereocenters. The monoisotopic (exact) mass is 412 g/mol. The van der Waals surface area contributed by atoms with Gasteiger partial charge >= 0.3 is 5.97 Å². The molecule has 2 aromatic carbocycles. The molecule has 8 nitrogen and oxygen atoms in total. The summed E-state index contributed by atoms with van der Waals surface area (Å²) < 4.78 is 27.1. The normalized spacial score (nSPS) is 11.6. The highest BCUT2D eigenvalue weighted by Gasteiger charge is 2.22. The smallest absolute Gasteiger partial charge is 0.313 e. The van der Waals surface area contributed by atoms with Gasteiger partial charge in [-0.1, -0.05) is 37.3 Å². The zero-order valence-electron chi connectivity index (χ0n) is 17.4. The van der Waals surface area contributed by atoms with E-state index in [1.54, 1.807) is 12.1 Å². The Hall–Kier alpha value is -3.55. The van der Waals surface area contributed by atoms with Gasteiger partial charge in [0, 0.05) is 5.56 Å². The minimum Gasteiger partial charge on any atom is -0.493 e.